The number of hydrogen-bond acceptors (Lipinski definition) is 0. The van der Waals surface area contributed by atoms with Crippen LogP contribution in [0, 0.1) is 0 Å². The Morgan fingerprint density at radius 3 is 1.25 bits per heavy atom. The molecule has 146 valence electrons. The predicted molar refractivity (Wildman–Crippen MR) is 54.9 cm³/mol. The molecule has 0 spiro atoms. The number of halogens is 13. The van der Waals surface area contributed by atoms with Crippen molar-refractivity contribution in [2.75, 3.05) is 0 Å². The maximum Gasteiger partial charge on any atom is 0.453 e. The van der Waals surface area contributed by atoms with E-state index in [0.29, 0.717) is 0 Å². The van der Waals surface area contributed by atoms with Gasteiger partial charge in [0.1, 0.15) is 0 Å². The molecule has 0 bridgehead atoms. The summed E-state index contributed by atoms with van der Waals surface area (Å²) in [5.74, 6) is -30.7. The maximum absolute atomic E-state index is 13.2. The Labute approximate surface area is 127 Å². The van der Waals surface area contributed by atoms with Crippen molar-refractivity contribution < 1.29 is 57.1 Å². The third kappa shape index (κ3) is 4.80. The zero-order valence-corrected chi connectivity index (χ0v) is 11.7. The molecule has 0 aromatic rings. The van der Waals surface area contributed by atoms with Gasteiger partial charge >= 0.3 is 29.9 Å². The highest BCUT2D eigenvalue weighted by molar-refractivity contribution is 5.01. The molecule has 0 amide bonds. The second-order valence-electron chi connectivity index (χ2n) is 5.15. The fourth-order valence-electron chi connectivity index (χ4n) is 1.65. The molecule has 0 N–H and O–H groups in total. The lowest BCUT2D eigenvalue weighted by Gasteiger charge is -2.36. The zero-order valence-electron chi connectivity index (χ0n) is 11.7. The quantitative estimate of drug-likeness (QED) is 0.427. The van der Waals surface area contributed by atoms with Crippen molar-refractivity contribution in [3.8, 4) is 0 Å². The molecule has 0 saturated carbocycles. The van der Waals surface area contributed by atoms with Crippen molar-refractivity contribution in [3.63, 3.8) is 0 Å². The van der Waals surface area contributed by atoms with Crippen LogP contribution in [0.25, 0.3) is 0 Å². The molecule has 0 unspecified atom stereocenters. The van der Waals surface area contributed by atoms with Crippen LogP contribution in [0.3, 0.4) is 0 Å². The predicted octanol–water partition coefficient (Wildman–Crippen LogP) is 6.31. The molecule has 13 heteroatoms. The van der Waals surface area contributed by atoms with Crippen LogP contribution in [-0.2, 0) is 0 Å². The van der Waals surface area contributed by atoms with Crippen LogP contribution in [-0.4, -0.2) is 35.8 Å². The molecule has 0 heterocycles. The molecule has 0 aliphatic rings. The number of rotatable bonds is 8. The van der Waals surface area contributed by atoms with Gasteiger partial charge in [0.25, 0.3) is 5.92 Å². The average molecular weight is 390 g/mol. The molecule has 0 aliphatic heterocycles. The molecule has 0 fully saturated rings. The SMILES string of the molecule is CCCC(F)(F)CC(F)(F)C(F)(F)C(F)(F)CC(F)(F)C(F)(F)F. The monoisotopic (exact) mass is 390 g/mol. The molecular weight excluding hydrogens is 379 g/mol. The van der Waals surface area contributed by atoms with Gasteiger partial charge in [0.2, 0.25) is 0 Å². The topological polar surface area (TPSA) is 0 Å². The molecule has 24 heavy (non-hydrogen) atoms. The molecule has 0 atom stereocenters. The van der Waals surface area contributed by atoms with Crippen molar-refractivity contribution >= 4 is 0 Å². The Balaban J connectivity index is 5.60. The standard InChI is InChI=1S/C11H11F13/c1-2-3-6(12,13)4-7(14,15)10(20,21)8(16,17)5-9(18,19)11(22,23)24/h2-5H2,1H3. The first kappa shape index (κ1) is 23.1. The van der Waals surface area contributed by atoms with Gasteiger partial charge in [-0.3, -0.25) is 0 Å². The summed E-state index contributed by atoms with van der Waals surface area (Å²) >= 11 is 0. The Hall–Kier alpha value is -0.910. The minimum Gasteiger partial charge on any atom is -0.207 e. The van der Waals surface area contributed by atoms with Gasteiger partial charge in [0.05, 0.1) is 12.8 Å². The molecule has 0 aliphatic carbocycles. The van der Waals surface area contributed by atoms with E-state index in [2.05, 4.69) is 0 Å². The van der Waals surface area contributed by atoms with E-state index in [4.69, 9.17) is 0 Å². The third-order valence-electron chi connectivity index (χ3n) is 2.87. The minimum atomic E-state index is -6.86. The third-order valence-corrected chi connectivity index (χ3v) is 2.87. The normalized spacial score (nSPS) is 15.8. The second kappa shape index (κ2) is 6.43. The Morgan fingerprint density at radius 2 is 0.917 bits per heavy atom. The van der Waals surface area contributed by atoms with Crippen molar-refractivity contribution in [3.05, 3.63) is 0 Å². The maximum atomic E-state index is 13.2. The molecule has 0 saturated heterocycles. The van der Waals surface area contributed by atoms with Gasteiger partial charge in [-0.05, 0) is 0 Å². The number of alkyl halides is 13. The van der Waals surface area contributed by atoms with Crippen LogP contribution in [0.1, 0.15) is 32.6 Å². The summed E-state index contributed by atoms with van der Waals surface area (Å²) in [7, 11) is 0. The first-order valence-corrected chi connectivity index (χ1v) is 6.18. The highest BCUT2D eigenvalue weighted by atomic mass is 19.4. The van der Waals surface area contributed by atoms with E-state index < -0.39 is 61.5 Å². The molecule has 0 aromatic heterocycles. The van der Waals surface area contributed by atoms with Crippen LogP contribution in [0.2, 0.25) is 0 Å². The van der Waals surface area contributed by atoms with Crippen LogP contribution in [0.15, 0.2) is 0 Å². The van der Waals surface area contributed by atoms with E-state index in [9.17, 15) is 57.1 Å². The zero-order chi connectivity index (χ0) is 19.8. The van der Waals surface area contributed by atoms with E-state index in [1.807, 2.05) is 0 Å². The summed E-state index contributed by atoms with van der Waals surface area (Å²) in [5, 5.41) is 0. The lowest BCUT2D eigenvalue weighted by molar-refractivity contribution is -0.357. The van der Waals surface area contributed by atoms with E-state index in [-0.39, 0.29) is 0 Å². The smallest absolute Gasteiger partial charge is 0.207 e. The van der Waals surface area contributed by atoms with Gasteiger partial charge in [-0.15, -0.1) is 0 Å². The average Bonchev–Trinajstić information content (AvgIpc) is 2.23. The Kier molecular flexibility index (Phi) is 6.19. The van der Waals surface area contributed by atoms with Gasteiger partial charge in [0.15, 0.2) is 0 Å². The lowest BCUT2D eigenvalue weighted by atomic mass is 9.93. The first-order chi connectivity index (χ1) is 10.2. The lowest BCUT2D eigenvalue weighted by Crippen LogP contribution is -2.58. The van der Waals surface area contributed by atoms with Gasteiger partial charge in [-0.2, -0.15) is 48.3 Å². The van der Waals surface area contributed by atoms with E-state index in [1.54, 1.807) is 0 Å². The highest BCUT2D eigenvalue weighted by Gasteiger charge is 2.76. The molecular formula is C11H11F13. The fraction of sp³-hybridized carbons (Fsp3) is 1.00. The molecule has 0 aromatic carbocycles. The van der Waals surface area contributed by atoms with Crippen LogP contribution < -0.4 is 0 Å². The van der Waals surface area contributed by atoms with Crippen LogP contribution in [0.5, 0.6) is 0 Å². The summed E-state index contributed by atoms with van der Waals surface area (Å²) in [5.41, 5.74) is 0. The molecule has 0 radical (unpaired) electrons. The van der Waals surface area contributed by atoms with Gasteiger partial charge < -0.3 is 0 Å². The molecule has 0 nitrogen and oxygen atoms in total. The van der Waals surface area contributed by atoms with Crippen LogP contribution in [0.4, 0.5) is 57.1 Å². The largest absolute Gasteiger partial charge is 0.453 e. The second-order valence-corrected chi connectivity index (χ2v) is 5.15. The Morgan fingerprint density at radius 1 is 0.542 bits per heavy atom. The summed E-state index contributed by atoms with van der Waals surface area (Å²) < 4.78 is 165. The summed E-state index contributed by atoms with van der Waals surface area (Å²) in [4.78, 5) is 0. The molecule has 0 rings (SSSR count). The van der Waals surface area contributed by atoms with Gasteiger partial charge in [-0.25, -0.2) is 8.78 Å². The van der Waals surface area contributed by atoms with Crippen molar-refractivity contribution in [2.24, 2.45) is 0 Å². The number of hydrogen-bond donors (Lipinski definition) is 0. The summed E-state index contributed by atoms with van der Waals surface area (Å²) in [6.45, 7) is 1.03. The summed E-state index contributed by atoms with van der Waals surface area (Å²) in [6, 6.07) is 0. The van der Waals surface area contributed by atoms with E-state index >= 15 is 0 Å². The van der Waals surface area contributed by atoms with Gasteiger partial charge in [-0.1, -0.05) is 13.3 Å². The minimum absolute atomic E-state index is 0.503. The summed E-state index contributed by atoms with van der Waals surface area (Å²) in [6.07, 6.45) is -15.8. The fourth-order valence-corrected chi connectivity index (χ4v) is 1.65. The van der Waals surface area contributed by atoms with Crippen LogP contribution >= 0.6 is 0 Å². The Bertz CT molecular complexity index is 420. The first-order valence-electron chi connectivity index (χ1n) is 6.18. The van der Waals surface area contributed by atoms with Crippen molar-refractivity contribution in [1.29, 1.82) is 0 Å². The van der Waals surface area contributed by atoms with E-state index in [1.165, 1.54) is 0 Å². The van der Waals surface area contributed by atoms with Crippen molar-refractivity contribution in [1.82, 2.24) is 0 Å². The highest BCUT2D eigenvalue weighted by Crippen LogP contribution is 2.55. The van der Waals surface area contributed by atoms with Crippen molar-refractivity contribution in [2.45, 2.75) is 68.4 Å². The van der Waals surface area contributed by atoms with E-state index in [0.717, 1.165) is 6.92 Å². The van der Waals surface area contributed by atoms with Gasteiger partial charge in [0, 0.05) is 6.42 Å².